The molecule has 0 bridgehead atoms. The molecular weight excluding hydrogens is 388 g/mol. The number of aromatic nitrogens is 1. The summed E-state index contributed by atoms with van der Waals surface area (Å²) in [5, 5.41) is 7.53. The maximum Gasteiger partial charge on any atom is 0.366 e. The summed E-state index contributed by atoms with van der Waals surface area (Å²) >= 11 is 0. The molecule has 0 saturated heterocycles. The van der Waals surface area contributed by atoms with Crippen molar-refractivity contribution in [3.8, 4) is 11.5 Å². The number of anilines is 1. The minimum Gasteiger partial charge on any atom is -0.454 e. The van der Waals surface area contributed by atoms with Gasteiger partial charge >= 0.3 is 5.63 Å². The van der Waals surface area contributed by atoms with Crippen LogP contribution in [-0.4, -0.2) is 24.1 Å². The lowest BCUT2D eigenvalue weighted by Crippen LogP contribution is -2.26. The number of carbonyl (C=O) groups excluding carboxylic acids is 2. The van der Waals surface area contributed by atoms with E-state index in [0.717, 1.165) is 6.29 Å². The molecule has 0 radical (unpaired) electrons. The van der Waals surface area contributed by atoms with E-state index < -0.39 is 11.0 Å². The third-order valence-corrected chi connectivity index (χ3v) is 5.32. The molecule has 2 heterocycles. The smallest absolute Gasteiger partial charge is 0.366 e. The number of aryl methyl sites for hydroxylation is 1. The van der Waals surface area contributed by atoms with Gasteiger partial charge in [0, 0.05) is 23.1 Å². The molecule has 1 N–H and O–H groups in total. The van der Waals surface area contributed by atoms with Crippen molar-refractivity contribution in [2.45, 2.75) is 32.1 Å². The van der Waals surface area contributed by atoms with Gasteiger partial charge in [0.25, 0.3) is 0 Å². The number of aldehydes is 1. The molecule has 1 aromatic heterocycles. The van der Waals surface area contributed by atoms with Crippen molar-refractivity contribution >= 4 is 28.7 Å². The second-order valence-electron chi connectivity index (χ2n) is 7.44. The van der Waals surface area contributed by atoms with E-state index in [0.29, 0.717) is 45.6 Å². The van der Waals surface area contributed by atoms with Crippen molar-refractivity contribution < 1.29 is 23.6 Å². The Bertz CT molecular complexity index is 1200. The average Bonchev–Trinajstić information content (AvgIpc) is 3.24. The van der Waals surface area contributed by atoms with Gasteiger partial charge in [-0.2, -0.15) is 0 Å². The maximum atomic E-state index is 12.5. The molecule has 0 fully saturated rings. The molecule has 2 aromatic carbocycles. The van der Waals surface area contributed by atoms with Crippen molar-refractivity contribution in [1.82, 2.24) is 5.16 Å². The van der Waals surface area contributed by atoms with Crippen LogP contribution in [0.1, 0.15) is 31.0 Å². The zero-order valence-corrected chi connectivity index (χ0v) is 16.6. The number of hydrogen-bond donors (Lipinski definition) is 1. The molecule has 1 unspecified atom stereocenters. The van der Waals surface area contributed by atoms with Crippen LogP contribution in [-0.2, 0) is 15.0 Å². The van der Waals surface area contributed by atoms with Crippen LogP contribution in [0, 0.1) is 6.92 Å². The fourth-order valence-electron chi connectivity index (χ4n) is 3.54. The SMILES string of the molecule is Cc1noc(=O)c2ccc(NC(=O)CCC(C)(C=O)c3cccc4c3OCO4)cc12. The van der Waals surface area contributed by atoms with E-state index in [1.54, 1.807) is 44.2 Å². The van der Waals surface area contributed by atoms with Gasteiger partial charge in [0.15, 0.2) is 11.5 Å². The fourth-order valence-corrected chi connectivity index (χ4v) is 3.54. The first-order valence-corrected chi connectivity index (χ1v) is 9.47. The Kier molecular flexibility index (Phi) is 4.99. The van der Waals surface area contributed by atoms with Crippen LogP contribution in [0.15, 0.2) is 45.7 Å². The lowest BCUT2D eigenvalue weighted by Gasteiger charge is -2.24. The molecule has 0 saturated carbocycles. The van der Waals surface area contributed by atoms with Crippen LogP contribution in [0.2, 0.25) is 0 Å². The highest BCUT2D eigenvalue weighted by Crippen LogP contribution is 2.42. The van der Waals surface area contributed by atoms with Crippen molar-refractivity contribution in [1.29, 1.82) is 0 Å². The van der Waals surface area contributed by atoms with Gasteiger partial charge in [-0.05, 0) is 44.5 Å². The van der Waals surface area contributed by atoms with Crippen molar-refractivity contribution in [3.05, 3.63) is 58.1 Å². The number of nitrogens with one attached hydrogen (secondary N) is 1. The Balaban J connectivity index is 1.50. The molecule has 154 valence electrons. The Morgan fingerprint density at radius 2 is 2.07 bits per heavy atom. The van der Waals surface area contributed by atoms with E-state index in [4.69, 9.17) is 14.0 Å². The number of fused-ring (bicyclic) bond motifs is 2. The molecule has 8 nitrogen and oxygen atoms in total. The maximum absolute atomic E-state index is 12.5. The summed E-state index contributed by atoms with van der Waals surface area (Å²) in [5.41, 5.74) is 0.345. The first-order chi connectivity index (χ1) is 14.4. The summed E-state index contributed by atoms with van der Waals surface area (Å²) in [6, 6.07) is 10.3. The van der Waals surface area contributed by atoms with Crippen LogP contribution >= 0.6 is 0 Å². The first-order valence-electron chi connectivity index (χ1n) is 9.47. The number of hydrogen-bond acceptors (Lipinski definition) is 7. The zero-order valence-electron chi connectivity index (χ0n) is 16.6. The van der Waals surface area contributed by atoms with E-state index >= 15 is 0 Å². The highest BCUT2D eigenvalue weighted by atomic mass is 16.7. The molecule has 1 atom stereocenters. The van der Waals surface area contributed by atoms with E-state index in [1.807, 2.05) is 6.07 Å². The summed E-state index contributed by atoms with van der Waals surface area (Å²) < 4.78 is 15.6. The third kappa shape index (κ3) is 3.52. The molecule has 0 aliphatic carbocycles. The summed E-state index contributed by atoms with van der Waals surface area (Å²) in [5.74, 6) is 0.888. The van der Waals surface area contributed by atoms with E-state index in [1.165, 1.54) is 0 Å². The zero-order chi connectivity index (χ0) is 21.3. The van der Waals surface area contributed by atoms with Crippen LogP contribution in [0.25, 0.3) is 10.8 Å². The van der Waals surface area contributed by atoms with Gasteiger partial charge in [0.1, 0.15) is 6.29 Å². The highest BCUT2D eigenvalue weighted by Gasteiger charge is 2.33. The minimum absolute atomic E-state index is 0.108. The summed E-state index contributed by atoms with van der Waals surface area (Å²) in [6.45, 7) is 3.60. The normalized spacial score (nSPS) is 14.3. The summed E-state index contributed by atoms with van der Waals surface area (Å²) in [4.78, 5) is 36.2. The van der Waals surface area contributed by atoms with Crippen molar-refractivity contribution in [3.63, 3.8) is 0 Å². The molecule has 1 aliphatic heterocycles. The summed E-state index contributed by atoms with van der Waals surface area (Å²) in [7, 11) is 0. The van der Waals surface area contributed by atoms with Crippen LogP contribution in [0.5, 0.6) is 11.5 Å². The number of amides is 1. The number of carbonyl (C=O) groups is 2. The molecule has 1 aliphatic rings. The van der Waals surface area contributed by atoms with Gasteiger partial charge in [-0.3, -0.25) is 4.79 Å². The topological polar surface area (TPSA) is 108 Å². The van der Waals surface area contributed by atoms with E-state index in [9.17, 15) is 14.4 Å². The largest absolute Gasteiger partial charge is 0.454 e. The Labute approximate surface area is 171 Å². The number of para-hydroxylation sites is 1. The van der Waals surface area contributed by atoms with E-state index in [2.05, 4.69) is 10.5 Å². The Morgan fingerprint density at radius 3 is 2.87 bits per heavy atom. The van der Waals surface area contributed by atoms with Gasteiger partial charge in [-0.1, -0.05) is 17.3 Å². The van der Waals surface area contributed by atoms with Crippen LogP contribution in [0.4, 0.5) is 5.69 Å². The number of ether oxygens (including phenoxy) is 2. The van der Waals surface area contributed by atoms with E-state index in [-0.39, 0.29) is 19.1 Å². The molecule has 30 heavy (non-hydrogen) atoms. The third-order valence-electron chi connectivity index (χ3n) is 5.32. The summed E-state index contributed by atoms with van der Waals surface area (Å²) in [6.07, 6.45) is 1.24. The second kappa shape index (κ2) is 7.62. The minimum atomic E-state index is -0.904. The second-order valence-corrected chi connectivity index (χ2v) is 7.44. The van der Waals surface area contributed by atoms with Crippen molar-refractivity contribution in [2.75, 3.05) is 12.1 Å². The quantitative estimate of drug-likeness (QED) is 0.625. The predicted molar refractivity (Wildman–Crippen MR) is 109 cm³/mol. The van der Waals surface area contributed by atoms with Gasteiger partial charge in [-0.25, -0.2) is 4.79 Å². The number of rotatable bonds is 6. The number of nitrogens with zero attached hydrogens (tertiary/aromatic N) is 1. The Morgan fingerprint density at radius 1 is 1.23 bits per heavy atom. The average molecular weight is 408 g/mol. The standard InChI is InChI=1S/C22H20N2O6/c1-13-16-10-14(6-7-15(16)21(27)30-24-13)23-19(26)8-9-22(2,11-25)17-4-3-5-18-20(17)29-12-28-18/h3-7,10-11H,8-9,12H2,1-2H3,(H,23,26). The van der Waals surface area contributed by atoms with Crippen LogP contribution < -0.4 is 20.4 Å². The molecule has 3 aromatic rings. The van der Waals surface area contributed by atoms with Crippen molar-refractivity contribution in [2.24, 2.45) is 0 Å². The van der Waals surface area contributed by atoms with Gasteiger partial charge in [-0.15, -0.1) is 0 Å². The highest BCUT2D eigenvalue weighted by molar-refractivity contribution is 5.94. The molecule has 0 spiro atoms. The molecule has 8 heteroatoms. The Hall–Kier alpha value is -3.68. The lowest BCUT2D eigenvalue weighted by atomic mass is 9.79. The fraction of sp³-hybridized carbons (Fsp3) is 0.273. The van der Waals surface area contributed by atoms with Gasteiger partial charge in [0.05, 0.1) is 16.5 Å². The molecule has 4 rings (SSSR count). The number of benzene rings is 2. The van der Waals surface area contributed by atoms with Gasteiger partial charge in [0.2, 0.25) is 12.7 Å². The molecular formula is C22H20N2O6. The van der Waals surface area contributed by atoms with Gasteiger partial charge < -0.3 is 24.1 Å². The lowest BCUT2D eigenvalue weighted by molar-refractivity contribution is -0.117. The molecule has 1 amide bonds. The monoisotopic (exact) mass is 408 g/mol. The first kappa shape index (κ1) is 19.6. The van der Waals surface area contributed by atoms with Crippen LogP contribution in [0.3, 0.4) is 0 Å². The predicted octanol–water partition coefficient (Wildman–Crippen LogP) is 3.10.